The molecule has 2 aliphatic rings. The number of allylic oxidation sites excluding steroid dienone is 2. The molecule has 8 nitrogen and oxygen atoms in total. The molecule has 1 aliphatic carbocycles. The molecule has 3 N–H and O–H groups in total. The van der Waals surface area contributed by atoms with Crippen molar-refractivity contribution in [2.24, 2.45) is 5.41 Å². The number of aryl methyl sites for hydroxylation is 1. The molecule has 4 rings (SSSR count). The van der Waals surface area contributed by atoms with Crippen molar-refractivity contribution < 1.29 is 9.53 Å². The number of H-pyrrole nitrogens is 1. The minimum Gasteiger partial charge on any atom is -0.384 e. The first-order valence-electron chi connectivity index (χ1n) is 18.6. The molecule has 3 heterocycles. The summed E-state index contributed by atoms with van der Waals surface area (Å²) in [6, 6.07) is 7.06. The molecule has 2 aromatic rings. The van der Waals surface area contributed by atoms with E-state index in [1.54, 1.807) is 30.4 Å². The number of ether oxygens (including phenoxy) is 1. The first-order valence-corrected chi connectivity index (χ1v) is 19.9. The van der Waals surface area contributed by atoms with E-state index in [9.17, 15) is 4.79 Å². The van der Waals surface area contributed by atoms with Crippen molar-refractivity contribution in [2.75, 3.05) is 52.7 Å². The number of likely N-dealkylation sites (tertiary alicyclic amines) is 1. The number of hydrogen-bond acceptors (Lipinski definition) is 7. The number of hydrogen-bond donors (Lipinski definition) is 3. The van der Waals surface area contributed by atoms with Crippen LogP contribution in [0.1, 0.15) is 112 Å². The SMILES string of the molecule is C/C=C/CNC(=O)CN1CC[C@](C)(COC)C1.C=CC.C=CSC.CC.CCCc1cc(-c2ccnc(C3CCC3)c2)n[nH]1.CCNC(C)C. The summed E-state index contributed by atoms with van der Waals surface area (Å²) >= 11 is 1.62. The summed E-state index contributed by atoms with van der Waals surface area (Å²) in [6.45, 7) is 30.3. The number of aromatic nitrogens is 3. The van der Waals surface area contributed by atoms with Crippen LogP contribution in [-0.2, 0) is 16.0 Å². The Hall–Kier alpha value is -2.72. The van der Waals surface area contributed by atoms with Crippen LogP contribution in [0.4, 0.5) is 0 Å². The van der Waals surface area contributed by atoms with E-state index in [0.717, 1.165) is 51.2 Å². The van der Waals surface area contributed by atoms with Gasteiger partial charge in [0.05, 0.1) is 18.8 Å². The number of nitrogens with one attached hydrogen (secondary N) is 3. The Kier molecular flexibility index (Phi) is 31.8. The van der Waals surface area contributed by atoms with Gasteiger partial charge < -0.3 is 15.4 Å². The normalized spacial score (nSPS) is 16.4. The van der Waals surface area contributed by atoms with Crippen molar-refractivity contribution in [2.45, 2.75) is 113 Å². The van der Waals surface area contributed by atoms with Crippen LogP contribution in [0.25, 0.3) is 11.3 Å². The average Bonchev–Trinajstić information content (AvgIpc) is 3.69. The van der Waals surface area contributed by atoms with E-state index in [2.05, 4.69) is 90.6 Å². The molecule has 2 aromatic heterocycles. The molecule has 9 heteroatoms. The van der Waals surface area contributed by atoms with Gasteiger partial charge in [0.1, 0.15) is 0 Å². The lowest BCUT2D eigenvalue weighted by atomic mass is 9.82. The molecule has 1 aliphatic heterocycles. The zero-order valence-electron chi connectivity index (χ0n) is 33.7. The first kappa shape index (κ1) is 49.4. The first-order chi connectivity index (χ1) is 24.1. The molecule has 0 radical (unpaired) electrons. The van der Waals surface area contributed by atoms with Crippen LogP contribution in [0.2, 0.25) is 0 Å². The highest BCUT2D eigenvalue weighted by atomic mass is 32.2. The van der Waals surface area contributed by atoms with Gasteiger partial charge in [-0.25, -0.2) is 0 Å². The van der Waals surface area contributed by atoms with Crippen molar-refractivity contribution in [3.63, 3.8) is 0 Å². The standard InChI is InChI=1S/C15H19N3.C13H24N2O2.C5H13N.C3H6S.C3H6.C2H6/c1-2-4-13-10-15(18-17-13)12-7-8-16-14(9-12)11-5-3-6-11;1-4-5-7-14-12(16)9-15-8-6-13(2,10-15)11-17-3;1-4-6-5(2)3;1-3-4-2;1-3-2;1-2/h7-11H,2-6H2,1H3,(H,17,18);4-5H,6-11H2,1-3H3,(H,14,16);5-6H,4H2,1-3H3;3H,1H2,2H3;3H,1H2,2H3;1-2H3/b;5-4+;;;;/t;13-;;;;/m.0..../s1. The molecule has 0 bridgehead atoms. The maximum Gasteiger partial charge on any atom is 0.234 e. The average molecular weight is 715 g/mol. The lowest BCUT2D eigenvalue weighted by Gasteiger charge is -2.24. The van der Waals surface area contributed by atoms with Crippen molar-refractivity contribution >= 4 is 17.7 Å². The van der Waals surface area contributed by atoms with Crippen LogP contribution in [0.3, 0.4) is 0 Å². The van der Waals surface area contributed by atoms with Crippen LogP contribution in [0, 0.1) is 5.41 Å². The van der Waals surface area contributed by atoms with Crippen molar-refractivity contribution in [1.29, 1.82) is 0 Å². The fourth-order valence-corrected chi connectivity index (χ4v) is 5.13. The Morgan fingerprint density at radius 2 is 1.88 bits per heavy atom. The summed E-state index contributed by atoms with van der Waals surface area (Å²) in [4.78, 5) is 18.3. The molecule has 1 amide bonds. The van der Waals surface area contributed by atoms with Gasteiger partial charge in [-0.2, -0.15) is 5.10 Å². The summed E-state index contributed by atoms with van der Waals surface area (Å²) in [5.74, 6) is 0.781. The zero-order valence-corrected chi connectivity index (χ0v) is 34.6. The summed E-state index contributed by atoms with van der Waals surface area (Å²) in [5.41, 5.74) is 4.89. The zero-order chi connectivity index (χ0) is 38.2. The van der Waals surface area contributed by atoms with Gasteiger partial charge >= 0.3 is 0 Å². The predicted molar refractivity (Wildman–Crippen MR) is 221 cm³/mol. The highest BCUT2D eigenvalue weighted by Gasteiger charge is 2.34. The maximum absolute atomic E-state index is 11.6. The number of carbonyl (C=O) groups excluding carboxylic acids is 1. The van der Waals surface area contributed by atoms with Gasteiger partial charge in [-0.05, 0) is 82.5 Å². The van der Waals surface area contributed by atoms with Crippen LogP contribution < -0.4 is 10.6 Å². The quantitative estimate of drug-likeness (QED) is 0.178. The molecule has 50 heavy (non-hydrogen) atoms. The Morgan fingerprint density at radius 3 is 2.36 bits per heavy atom. The Labute approximate surface area is 311 Å². The summed E-state index contributed by atoms with van der Waals surface area (Å²) in [6.07, 6.45) is 16.8. The number of thioether (sulfide) groups is 1. The van der Waals surface area contributed by atoms with Crippen LogP contribution >= 0.6 is 11.8 Å². The third-order valence-electron chi connectivity index (χ3n) is 7.68. The molecular weight excluding hydrogens is 641 g/mol. The fourth-order valence-electron chi connectivity index (χ4n) is 5.13. The number of methoxy groups -OCH3 is 1. The van der Waals surface area contributed by atoms with Crippen molar-refractivity contribution in [3.05, 3.63) is 72.6 Å². The molecule has 1 atom stereocenters. The van der Waals surface area contributed by atoms with E-state index in [-0.39, 0.29) is 11.3 Å². The highest BCUT2D eigenvalue weighted by molar-refractivity contribution is 8.01. The van der Waals surface area contributed by atoms with E-state index >= 15 is 0 Å². The number of rotatable bonds is 13. The van der Waals surface area contributed by atoms with E-state index < -0.39 is 0 Å². The summed E-state index contributed by atoms with van der Waals surface area (Å²) in [7, 11) is 1.73. The number of aromatic amines is 1. The Morgan fingerprint density at radius 1 is 1.22 bits per heavy atom. The second-order valence-corrected chi connectivity index (χ2v) is 13.5. The summed E-state index contributed by atoms with van der Waals surface area (Å²) < 4.78 is 5.23. The molecule has 0 unspecified atom stereocenters. The molecular formula is C41H74N6O2S. The number of nitrogens with zero attached hydrogens (tertiary/aromatic N) is 3. The van der Waals surface area contributed by atoms with E-state index in [4.69, 9.17) is 4.74 Å². The molecule has 0 aromatic carbocycles. The number of pyridine rings is 1. The minimum atomic E-state index is 0.102. The lowest BCUT2D eigenvalue weighted by Crippen LogP contribution is -2.37. The molecule has 2 fully saturated rings. The van der Waals surface area contributed by atoms with Crippen LogP contribution in [0.5, 0.6) is 0 Å². The number of carbonyl (C=O) groups is 1. The highest BCUT2D eigenvalue weighted by Crippen LogP contribution is 2.36. The second-order valence-electron chi connectivity index (χ2n) is 12.7. The van der Waals surface area contributed by atoms with E-state index in [1.165, 1.54) is 36.2 Å². The van der Waals surface area contributed by atoms with Crippen molar-refractivity contribution in [3.8, 4) is 11.3 Å². The third kappa shape index (κ3) is 23.6. The van der Waals surface area contributed by atoms with Gasteiger partial charge in [0.25, 0.3) is 0 Å². The Balaban J connectivity index is 0. The van der Waals surface area contributed by atoms with Gasteiger partial charge in [0, 0.05) is 60.7 Å². The van der Waals surface area contributed by atoms with E-state index in [1.807, 2.05) is 58.4 Å². The predicted octanol–water partition coefficient (Wildman–Crippen LogP) is 9.44. The summed E-state index contributed by atoms with van der Waals surface area (Å²) in [5, 5.41) is 15.4. The lowest BCUT2D eigenvalue weighted by molar-refractivity contribution is -0.121. The van der Waals surface area contributed by atoms with E-state index in [0.29, 0.717) is 25.0 Å². The smallest absolute Gasteiger partial charge is 0.234 e. The molecule has 1 saturated heterocycles. The van der Waals surface area contributed by atoms with Gasteiger partial charge in [-0.3, -0.25) is 19.8 Å². The van der Waals surface area contributed by atoms with Crippen LogP contribution in [-0.4, -0.2) is 84.7 Å². The second kappa shape index (κ2) is 32.2. The monoisotopic (exact) mass is 715 g/mol. The topological polar surface area (TPSA) is 95.2 Å². The number of amides is 1. The van der Waals surface area contributed by atoms with Gasteiger partial charge in [-0.15, -0.1) is 18.3 Å². The largest absolute Gasteiger partial charge is 0.384 e. The Bertz CT molecular complexity index is 1150. The van der Waals surface area contributed by atoms with Gasteiger partial charge in [0.15, 0.2) is 0 Å². The molecule has 1 saturated carbocycles. The van der Waals surface area contributed by atoms with Gasteiger partial charge in [0.2, 0.25) is 5.91 Å². The van der Waals surface area contributed by atoms with Crippen molar-refractivity contribution in [1.82, 2.24) is 30.7 Å². The minimum absolute atomic E-state index is 0.102. The maximum atomic E-state index is 11.6. The third-order valence-corrected chi connectivity index (χ3v) is 8.01. The fraction of sp³-hybridized carbons (Fsp3) is 0.634. The molecule has 286 valence electrons. The van der Waals surface area contributed by atoms with Gasteiger partial charge in [-0.1, -0.05) is 86.1 Å². The van der Waals surface area contributed by atoms with Crippen LogP contribution in [0.15, 0.2) is 61.2 Å². The molecule has 0 spiro atoms.